The van der Waals surface area contributed by atoms with E-state index in [2.05, 4.69) is 51.6 Å². The summed E-state index contributed by atoms with van der Waals surface area (Å²) >= 11 is 12.5. The summed E-state index contributed by atoms with van der Waals surface area (Å²) in [5.41, 5.74) is 5.61. The molecule has 3 nitrogen and oxygen atoms in total. The van der Waals surface area contributed by atoms with Crippen molar-refractivity contribution in [2.75, 3.05) is 18.4 Å². The summed E-state index contributed by atoms with van der Waals surface area (Å²) in [5, 5.41) is 6.17. The number of halogens is 2. The molecule has 1 atom stereocenters. The second kappa shape index (κ2) is 9.50. The van der Waals surface area contributed by atoms with Crippen LogP contribution in [0.1, 0.15) is 35.6 Å². The van der Waals surface area contributed by atoms with E-state index in [0.29, 0.717) is 5.02 Å². The first-order valence-corrected chi connectivity index (χ1v) is 11.8. The lowest BCUT2D eigenvalue weighted by atomic mass is 9.97. The summed E-state index contributed by atoms with van der Waals surface area (Å²) in [7, 11) is 0. The maximum Gasteiger partial charge on any atom is 0.0767 e. The number of benzene rings is 3. The summed E-state index contributed by atoms with van der Waals surface area (Å²) < 4.78 is 0. The van der Waals surface area contributed by atoms with Crippen LogP contribution in [0, 0.1) is 0 Å². The first-order chi connectivity index (χ1) is 15.7. The van der Waals surface area contributed by atoms with Crippen LogP contribution >= 0.6 is 23.2 Å². The van der Waals surface area contributed by atoms with Crippen molar-refractivity contribution in [3.8, 4) is 0 Å². The van der Waals surface area contributed by atoms with Crippen LogP contribution in [0.5, 0.6) is 0 Å². The van der Waals surface area contributed by atoms with Crippen molar-refractivity contribution in [3.05, 3.63) is 106 Å². The van der Waals surface area contributed by atoms with Crippen molar-refractivity contribution in [3.63, 3.8) is 0 Å². The molecule has 0 bridgehead atoms. The molecule has 2 heterocycles. The van der Waals surface area contributed by atoms with E-state index in [1.54, 1.807) is 0 Å². The Morgan fingerprint density at radius 3 is 2.19 bits per heavy atom. The Hall–Kier alpha value is -2.59. The number of fused-ring (bicyclic) bond motifs is 1. The van der Waals surface area contributed by atoms with E-state index in [1.807, 2.05) is 42.6 Å². The quantitative estimate of drug-likeness (QED) is 0.325. The Bertz CT molecular complexity index is 1200. The zero-order valence-electron chi connectivity index (χ0n) is 17.8. The number of pyridine rings is 1. The number of hydrogen-bond acceptors (Lipinski definition) is 3. The van der Waals surface area contributed by atoms with Gasteiger partial charge in [0.05, 0.1) is 11.6 Å². The van der Waals surface area contributed by atoms with Crippen LogP contribution in [0.15, 0.2) is 79.0 Å². The first kappa shape index (κ1) is 21.3. The van der Waals surface area contributed by atoms with Crippen molar-refractivity contribution in [2.45, 2.75) is 25.4 Å². The molecule has 5 heteroatoms. The summed E-state index contributed by atoms with van der Waals surface area (Å²) in [5.74, 6) is 0. The van der Waals surface area contributed by atoms with E-state index >= 15 is 0 Å². The van der Waals surface area contributed by atoms with Gasteiger partial charge in [0, 0.05) is 33.9 Å². The Kier molecular flexibility index (Phi) is 6.31. The van der Waals surface area contributed by atoms with Crippen molar-refractivity contribution in [1.82, 2.24) is 9.88 Å². The average molecular weight is 462 g/mol. The summed E-state index contributed by atoms with van der Waals surface area (Å²) in [6.45, 7) is 3.43. The van der Waals surface area contributed by atoms with Crippen LogP contribution in [0.4, 0.5) is 5.69 Å². The van der Waals surface area contributed by atoms with E-state index < -0.39 is 0 Å². The number of hydrogen-bond donors (Lipinski definition) is 1. The van der Waals surface area contributed by atoms with Gasteiger partial charge in [0.1, 0.15) is 0 Å². The maximum absolute atomic E-state index is 6.29. The third-order valence-electron chi connectivity index (χ3n) is 6.12. The molecule has 5 rings (SSSR count). The summed E-state index contributed by atoms with van der Waals surface area (Å²) in [6.07, 6.45) is 4.45. The number of nitrogens with one attached hydrogen (secondary N) is 1. The predicted octanol–water partition coefficient (Wildman–Crippen LogP) is 7.34. The molecular formula is C27H25Cl2N3. The lowest BCUT2D eigenvalue weighted by molar-refractivity contribution is 0.331. The molecule has 1 aromatic heterocycles. The zero-order valence-corrected chi connectivity index (χ0v) is 19.3. The largest absolute Gasteiger partial charge is 0.374 e. The molecule has 162 valence electrons. The number of likely N-dealkylation sites (tertiary alicyclic amines) is 1. The average Bonchev–Trinajstić information content (AvgIpc) is 3.32. The van der Waals surface area contributed by atoms with E-state index in [1.165, 1.54) is 37.1 Å². The molecule has 1 unspecified atom stereocenters. The molecule has 32 heavy (non-hydrogen) atoms. The van der Waals surface area contributed by atoms with E-state index in [-0.39, 0.29) is 6.04 Å². The molecule has 0 aliphatic carbocycles. The van der Waals surface area contributed by atoms with Gasteiger partial charge in [0.15, 0.2) is 0 Å². The Morgan fingerprint density at radius 1 is 0.812 bits per heavy atom. The molecular weight excluding hydrogens is 437 g/mol. The number of nitrogens with zero attached hydrogens (tertiary/aromatic N) is 2. The zero-order chi connectivity index (χ0) is 21.9. The smallest absolute Gasteiger partial charge is 0.0767 e. The minimum Gasteiger partial charge on any atom is -0.374 e. The summed E-state index contributed by atoms with van der Waals surface area (Å²) in [6, 6.07) is 24.8. The Balaban J connectivity index is 1.49. The van der Waals surface area contributed by atoms with Gasteiger partial charge >= 0.3 is 0 Å². The van der Waals surface area contributed by atoms with Crippen LogP contribution in [0.25, 0.3) is 10.9 Å². The van der Waals surface area contributed by atoms with Crippen LogP contribution in [-0.4, -0.2) is 23.0 Å². The molecule has 0 amide bonds. The highest BCUT2D eigenvalue weighted by atomic mass is 35.5. The molecule has 3 aromatic carbocycles. The fraction of sp³-hybridized carbons (Fsp3) is 0.222. The lowest BCUT2D eigenvalue weighted by Crippen LogP contribution is -2.18. The Morgan fingerprint density at radius 2 is 1.47 bits per heavy atom. The molecule has 1 fully saturated rings. The third-order valence-corrected chi connectivity index (χ3v) is 6.61. The molecule has 0 radical (unpaired) electrons. The highest BCUT2D eigenvalue weighted by molar-refractivity contribution is 6.31. The normalized spacial score (nSPS) is 15.2. The van der Waals surface area contributed by atoms with Gasteiger partial charge in [0.2, 0.25) is 0 Å². The van der Waals surface area contributed by atoms with Gasteiger partial charge in [0.25, 0.3) is 0 Å². The Labute approximate surface area is 199 Å². The summed E-state index contributed by atoms with van der Waals surface area (Å²) in [4.78, 5) is 7.01. The minimum absolute atomic E-state index is 0.0299. The van der Waals surface area contributed by atoms with Crippen molar-refractivity contribution >= 4 is 39.8 Å². The molecule has 0 saturated carbocycles. The van der Waals surface area contributed by atoms with Gasteiger partial charge in [-0.1, -0.05) is 59.6 Å². The van der Waals surface area contributed by atoms with Gasteiger partial charge in [-0.2, -0.15) is 0 Å². The molecule has 0 spiro atoms. The van der Waals surface area contributed by atoms with E-state index in [0.717, 1.165) is 33.7 Å². The van der Waals surface area contributed by atoms with Gasteiger partial charge in [-0.3, -0.25) is 9.88 Å². The van der Waals surface area contributed by atoms with Crippen molar-refractivity contribution in [2.24, 2.45) is 0 Å². The van der Waals surface area contributed by atoms with Crippen LogP contribution < -0.4 is 5.32 Å². The maximum atomic E-state index is 6.29. The van der Waals surface area contributed by atoms with Gasteiger partial charge in [-0.05, 0) is 79.0 Å². The van der Waals surface area contributed by atoms with Gasteiger partial charge in [-0.25, -0.2) is 0 Å². The second-order valence-electron chi connectivity index (χ2n) is 8.37. The lowest BCUT2D eigenvalue weighted by Gasteiger charge is -2.23. The van der Waals surface area contributed by atoms with Crippen molar-refractivity contribution < 1.29 is 0 Å². The molecule has 1 aliphatic rings. The monoisotopic (exact) mass is 461 g/mol. The predicted molar refractivity (Wildman–Crippen MR) is 135 cm³/mol. The fourth-order valence-corrected chi connectivity index (χ4v) is 4.73. The number of aromatic nitrogens is 1. The standard InChI is InChI=1S/C27H25Cl2N3/c28-22-9-7-21(8-10-22)27(20-5-3-19(4-6-20)18-32-15-1-2-16-32)31-26-13-14-30-25-12-11-23(29)17-24(25)26/h3-14,17,27H,1-2,15-16,18H2,(H,30,31). The third kappa shape index (κ3) is 4.75. The minimum atomic E-state index is -0.0299. The molecule has 1 N–H and O–H groups in total. The van der Waals surface area contributed by atoms with E-state index in [9.17, 15) is 0 Å². The van der Waals surface area contributed by atoms with Crippen LogP contribution in [0.2, 0.25) is 10.0 Å². The highest BCUT2D eigenvalue weighted by Gasteiger charge is 2.17. The molecule has 1 saturated heterocycles. The number of anilines is 1. The fourth-order valence-electron chi connectivity index (χ4n) is 4.43. The molecule has 1 aliphatic heterocycles. The topological polar surface area (TPSA) is 28.2 Å². The SMILES string of the molecule is Clc1ccc(C(Nc2ccnc3ccc(Cl)cc23)c2ccc(CN3CCCC3)cc2)cc1. The van der Waals surface area contributed by atoms with Gasteiger partial charge in [-0.15, -0.1) is 0 Å². The second-order valence-corrected chi connectivity index (χ2v) is 9.25. The molecule has 4 aromatic rings. The van der Waals surface area contributed by atoms with Crippen LogP contribution in [-0.2, 0) is 6.54 Å². The van der Waals surface area contributed by atoms with Gasteiger partial charge < -0.3 is 5.32 Å². The number of rotatable bonds is 6. The first-order valence-electron chi connectivity index (χ1n) is 11.0. The van der Waals surface area contributed by atoms with Crippen molar-refractivity contribution in [1.29, 1.82) is 0 Å². The highest BCUT2D eigenvalue weighted by Crippen LogP contribution is 2.32. The van der Waals surface area contributed by atoms with E-state index in [4.69, 9.17) is 23.2 Å². The van der Waals surface area contributed by atoms with Crippen LogP contribution in [0.3, 0.4) is 0 Å².